The highest BCUT2D eigenvalue weighted by Crippen LogP contribution is 2.27. The standard InChI is InChI=1S/C19H19ClN4O5S2/c1-11-15(19(26)27)8-13(9-21)17(22-11)24-6-4-12(5-7-24)18(25)23-31(28,29)10-14-2-3-16(20)30-14/h2-3,8,12H,4-7,10H2,1H3,(H,23,25)(H,26,27). The Bertz CT molecular complexity index is 1160. The maximum atomic E-state index is 12.5. The van der Waals surface area contributed by atoms with E-state index in [2.05, 4.69) is 9.71 Å². The smallest absolute Gasteiger partial charge is 0.337 e. The summed E-state index contributed by atoms with van der Waals surface area (Å²) in [5.74, 6) is -2.17. The summed E-state index contributed by atoms with van der Waals surface area (Å²) < 4.78 is 27.2. The molecule has 1 saturated heterocycles. The van der Waals surface area contributed by atoms with Gasteiger partial charge in [-0.2, -0.15) is 5.26 Å². The number of nitrogens with one attached hydrogen (secondary N) is 1. The lowest BCUT2D eigenvalue weighted by atomic mass is 9.96. The average Bonchev–Trinajstić information content (AvgIpc) is 3.11. The van der Waals surface area contributed by atoms with Crippen molar-refractivity contribution in [2.45, 2.75) is 25.5 Å². The van der Waals surface area contributed by atoms with Crippen molar-refractivity contribution in [1.82, 2.24) is 9.71 Å². The minimum absolute atomic E-state index is 0.0354. The van der Waals surface area contributed by atoms with Gasteiger partial charge in [0.05, 0.1) is 21.2 Å². The van der Waals surface area contributed by atoms with Crippen LogP contribution in [-0.2, 0) is 20.6 Å². The van der Waals surface area contributed by atoms with E-state index in [1.165, 1.54) is 6.07 Å². The zero-order valence-corrected chi connectivity index (χ0v) is 18.9. The van der Waals surface area contributed by atoms with Gasteiger partial charge >= 0.3 is 5.97 Å². The number of halogens is 1. The van der Waals surface area contributed by atoms with E-state index in [0.717, 1.165) is 11.3 Å². The molecule has 0 radical (unpaired) electrons. The number of rotatable bonds is 6. The van der Waals surface area contributed by atoms with Crippen LogP contribution in [0.15, 0.2) is 18.2 Å². The minimum atomic E-state index is -3.84. The molecule has 0 atom stereocenters. The molecule has 0 aliphatic carbocycles. The number of piperidine rings is 1. The van der Waals surface area contributed by atoms with Crippen molar-refractivity contribution >= 4 is 50.7 Å². The van der Waals surface area contributed by atoms with E-state index in [4.69, 9.17) is 11.6 Å². The van der Waals surface area contributed by atoms with E-state index >= 15 is 0 Å². The first kappa shape index (κ1) is 23.0. The van der Waals surface area contributed by atoms with Gasteiger partial charge in [0.2, 0.25) is 15.9 Å². The second-order valence-electron chi connectivity index (χ2n) is 7.10. The summed E-state index contributed by atoms with van der Waals surface area (Å²) in [6, 6.07) is 6.47. The van der Waals surface area contributed by atoms with E-state index in [0.29, 0.717) is 46.7 Å². The number of aromatic carboxylic acids is 1. The molecular formula is C19H19ClN4O5S2. The van der Waals surface area contributed by atoms with Crippen LogP contribution in [0, 0.1) is 24.2 Å². The van der Waals surface area contributed by atoms with Gasteiger partial charge in [-0.1, -0.05) is 11.6 Å². The number of carbonyl (C=O) groups excluding carboxylic acids is 1. The molecule has 9 nitrogen and oxygen atoms in total. The maximum Gasteiger partial charge on any atom is 0.337 e. The normalized spacial score (nSPS) is 14.8. The Labute approximate surface area is 188 Å². The third-order valence-electron chi connectivity index (χ3n) is 4.93. The van der Waals surface area contributed by atoms with Crippen LogP contribution in [0.4, 0.5) is 5.82 Å². The minimum Gasteiger partial charge on any atom is -0.478 e. The van der Waals surface area contributed by atoms with Crippen LogP contribution in [0.25, 0.3) is 0 Å². The van der Waals surface area contributed by atoms with Crippen molar-refractivity contribution < 1.29 is 23.1 Å². The van der Waals surface area contributed by atoms with Gasteiger partial charge in [0.25, 0.3) is 0 Å². The molecule has 1 amide bonds. The van der Waals surface area contributed by atoms with Crippen LogP contribution in [0.2, 0.25) is 4.34 Å². The number of carboxylic acids is 1. The Morgan fingerprint density at radius 2 is 2.06 bits per heavy atom. The molecule has 2 aromatic rings. The van der Waals surface area contributed by atoms with E-state index in [1.807, 2.05) is 11.0 Å². The average molecular weight is 483 g/mol. The highest BCUT2D eigenvalue weighted by molar-refractivity contribution is 7.89. The molecule has 2 aromatic heterocycles. The van der Waals surface area contributed by atoms with Crippen LogP contribution in [0.1, 0.15) is 39.3 Å². The van der Waals surface area contributed by atoms with Gasteiger partial charge in [-0.25, -0.2) is 18.2 Å². The van der Waals surface area contributed by atoms with Gasteiger partial charge in [0.15, 0.2) is 0 Å². The number of thiophene rings is 1. The highest BCUT2D eigenvalue weighted by Gasteiger charge is 2.30. The molecule has 31 heavy (non-hydrogen) atoms. The van der Waals surface area contributed by atoms with Gasteiger partial charge < -0.3 is 10.0 Å². The lowest BCUT2D eigenvalue weighted by Crippen LogP contribution is -2.43. The summed E-state index contributed by atoms with van der Waals surface area (Å²) in [6.07, 6.45) is 0.747. The van der Waals surface area contributed by atoms with Gasteiger partial charge in [-0.3, -0.25) is 9.52 Å². The Morgan fingerprint density at radius 1 is 1.39 bits per heavy atom. The van der Waals surface area contributed by atoms with Crippen molar-refractivity contribution in [3.63, 3.8) is 0 Å². The number of sulfonamides is 1. The molecule has 164 valence electrons. The van der Waals surface area contributed by atoms with Crippen molar-refractivity contribution in [3.8, 4) is 6.07 Å². The second kappa shape index (κ2) is 9.21. The summed E-state index contributed by atoms with van der Waals surface area (Å²) in [4.78, 5) is 30.4. The first-order valence-corrected chi connectivity index (χ1v) is 12.1. The Morgan fingerprint density at radius 3 is 2.61 bits per heavy atom. The van der Waals surface area contributed by atoms with Gasteiger partial charge in [0, 0.05) is 23.9 Å². The zero-order chi connectivity index (χ0) is 22.8. The number of carboxylic acid groups (broad SMARTS) is 1. The van der Waals surface area contributed by atoms with Crippen LogP contribution in [0.3, 0.4) is 0 Å². The number of pyridine rings is 1. The zero-order valence-electron chi connectivity index (χ0n) is 16.5. The van der Waals surface area contributed by atoms with E-state index in [9.17, 15) is 28.4 Å². The van der Waals surface area contributed by atoms with Crippen molar-refractivity contribution in [1.29, 1.82) is 5.26 Å². The number of carbonyl (C=O) groups is 2. The fourth-order valence-corrected chi connectivity index (χ4v) is 5.98. The molecular weight excluding hydrogens is 464 g/mol. The molecule has 1 aliphatic heterocycles. The quantitative estimate of drug-likeness (QED) is 0.639. The lowest BCUT2D eigenvalue weighted by Gasteiger charge is -2.32. The molecule has 0 unspecified atom stereocenters. The first-order chi connectivity index (χ1) is 14.6. The predicted octanol–water partition coefficient (Wildman–Crippen LogP) is 2.54. The summed E-state index contributed by atoms with van der Waals surface area (Å²) in [5.41, 5.74) is 0.399. The summed E-state index contributed by atoms with van der Waals surface area (Å²) >= 11 is 6.95. The Hall–Kier alpha value is -2.68. The Balaban J connectivity index is 1.64. The van der Waals surface area contributed by atoms with Gasteiger partial charge in [-0.15, -0.1) is 11.3 Å². The SMILES string of the molecule is Cc1nc(N2CCC(C(=O)NS(=O)(=O)Cc3ccc(Cl)s3)CC2)c(C#N)cc1C(=O)O. The molecule has 0 spiro atoms. The monoisotopic (exact) mass is 482 g/mol. The molecule has 0 aromatic carbocycles. The van der Waals surface area contributed by atoms with Crippen LogP contribution < -0.4 is 9.62 Å². The van der Waals surface area contributed by atoms with Crippen LogP contribution in [-0.4, -0.2) is 43.5 Å². The first-order valence-electron chi connectivity index (χ1n) is 9.28. The van der Waals surface area contributed by atoms with Gasteiger partial charge in [-0.05, 0) is 38.0 Å². The second-order valence-corrected chi connectivity index (χ2v) is 10.6. The third-order valence-corrected chi connectivity index (χ3v) is 7.54. The summed E-state index contributed by atoms with van der Waals surface area (Å²) in [6.45, 7) is 2.32. The van der Waals surface area contributed by atoms with E-state index < -0.39 is 27.8 Å². The van der Waals surface area contributed by atoms with Gasteiger partial charge in [0.1, 0.15) is 17.6 Å². The highest BCUT2D eigenvalue weighted by atomic mass is 35.5. The molecule has 1 fully saturated rings. The predicted molar refractivity (Wildman–Crippen MR) is 116 cm³/mol. The van der Waals surface area contributed by atoms with E-state index in [-0.39, 0.29) is 16.9 Å². The maximum absolute atomic E-state index is 12.5. The molecule has 3 heterocycles. The molecule has 0 bridgehead atoms. The fourth-order valence-electron chi connectivity index (χ4n) is 3.38. The van der Waals surface area contributed by atoms with Crippen LogP contribution in [0.5, 0.6) is 0 Å². The number of aryl methyl sites for hydroxylation is 1. The number of aromatic nitrogens is 1. The molecule has 1 aliphatic rings. The van der Waals surface area contributed by atoms with Crippen molar-refractivity contribution in [3.05, 3.63) is 44.2 Å². The van der Waals surface area contributed by atoms with Crippen molar-refractivity contribution in [2.24, 2.45) is 5.92 Å². The molecule has 3 rings (SSSR count). The topological polar surface area (TPSA) is 140 Å². The largest absolute Gasteiger partial charge is 0.478 e. The summed E-state index contributed by atoms with van der Waals surface area (Å²) in [7, 11) is -3.84. The number of hydrogen-bond donors (Lipinski definition) is 2. The fraction of sp³-hybridized carbons (Fsp3) is 0.368. The number of hydrogen-bond acceptors (Lipinski definition) is 8. The third kappa shape index (κ3) is 5.52. The number of nitriles is 1. The molecule has 2 N–H and O–H groups in total. The van der Waals surface area contributed by atoms with Crippen molar-refractivity contribution in [2.75, 3.05) is 18.0 Å². The van der Waals surface area contributed by atoms with E-state index in [1.54, 1.807) is 19.1 Å². The molecule has 0 saturated carbocycles. The Kier molecular flexibility index (Phi) is 6.83. The number of anilines is 1. The number of amides is 1. The molecule has 12 heteroatoms. The van der Waals surface area contributed by atoms with Crippen LogP contribution >= 0.6 is 22.9 Å². The summed E-state index contributed by atoms with van der Waals surface area (Å²) in [5, 5.41) is 18.6. The number of nitrogens with zero attached hydrogens (tertiary/aromatic N) is 3. The lowest BCUT2D eigenvalue weighted by molar-refractivity contribution is -0.123.